The summed E-state index contributed by atoms with van der Waals surface area (Å²) in [4.78, 5) is 1.41. The molecule has 1 heterocycles. The van der Waals surface area contributed by atoms with Crippen LogP contribution in [0.25, 0.3) is 0 Å². The van der Waals surface area contributed by atoms with Crippen molar-refractivity contribution in [2.24, 2.45) is 5.92 Å². The fraction of sp³-hybridized carbons (Fsp3) is 0.636. The molecule has 1 fully saturated rings. The Labute approximate surface area is 94.5 Å². The molecule has 0 saturated heterocycles. The van der Waals surface area contributed by atoms with Gasteiger partial charge in [0, 0.05) is 10.9 Å². The number of nitrogens with one attached hydrogen (secondary N) is 1. The SMILES string of the molecule is CNC(CCc1ccc(Cl)s1)C1CC1. The van der Waals surface area contributed by atoms with Crippen molar-refractivity contribution in [2.45, 2.75) is 31.7 Å². The van der Waals surface area contributed by atoms with Gasteiger partial charge in [-0.15, -0.1) is 11.3 Å². The molecule has 1 atom stereocenters. The second-order valence-electron chi connectivity index (χ2n) is 3.98. The van der Waals surface area contributed by atoms with Crippen LogP contribution < -0.4 is 5.32 Å². The maximum absolute atomic E-state index is 5.89. The van der Waals surface area contributed by atoms with Gasteiger partial charge in [-0.3, -0.25) is 0 Å². The van der Waals surface area contributed by atoms with E-state index in [0.29, 0.717) is 0 Å². The third-order valence-corrected chi connectivity index (χ3v) is 4.18. The third kappa shape index (κ3) is 2.72. The number of hydrogen-bond donors (Lipinski definition) is 1. The highest BCUT2D eigenvalue weighted by Gasteiger charge is 2.29. The van der Waals surface area contributed by atoms with Crippen LogP contribution in [0.1, 0.15) is 24.1 Å². The minimum absolute atomic E-state index is 0.718. The minimum Gasteiger partial charge on any atom is -0.317 e. The normalized spacial score (nSPS) is 18.4. The van der Waals surface area contributed by atoms with Gasteiger partial charge >= 0.3 is 0 Å². The quantitative estimate of drug-likeness (QED) is 0.817. The molecular weight excluding hydrogens is 214 g/mol. The van der Waals surface area contributed by atoms with E-state index < -0.39 is 0 Å². The van der Waals surface area contributed by atoms with Crippen LogP contribution in [-0.4, -0.2) is 13.1 Å². The highest BCUT2D eigenvalue weighted by molar-refractivity contribution is 7.16. The molecule has 1 aromatic rings. The Morgan fingerprint density at radius 3 is 2.86 bits per heavy atom. The van der Waals surface area contributed by atoms with E-state index in [-0.39, 0.29) is 0 Å². The lowest BCUT2D eigenvalue weighted by Gasteiger charge is -2.13. The first kappa shape index (κ1) is 10.5. The molecule has 2 rings (SSSR count). The van der Waals surface area contributed by atoms with E-state index in [1.165, 1.54) is 30.6 Å². The fourth-order valence-corrected chi connectivity index (χ4v) is 3.00. The molecule has 1 N–H and O–H groups in total. The summed E-state index contributed by atoms with van der Waals surface area (Å²) in [5.74, 6) is 0.940. The molecule has 1 aliphatic rings. The zero-order valence-electron chi connectivity index (χ0n) is 8.42. The molecule has 0 aliphatic heterocycles. The van der Waals surface area contributed by atoms with Crippen molar-refractivity contribution < 1.29 is 0 Å². The molecule has 3 heteroatoms. The number of aryl methyl sites for hydroxylation is 1. The van der Waals surface area contributed by atoms with Gasteiger partial charge < -0.3 is 5.32 Å². The van der Waals surface area contributed by atoms with E-state index >= 15 is 0 Å². The van der Waals surface area contributed by atoms with Gasteiger partial charge in [0.2, 0.25) is 0 Å². The topological polar surface area (TPSA) is 12.0 Å². The first-order valence-electron chi connectivity index (χ1n) is 5.21. The molecule has 0 radical (unpaired) electrons. The Bertz CT molecular complexity index is 293. The summed E-state index contributed by atoms with van der Waals surface area (Å²) in [5.41, 5.74) is 0. The summed E-state index contributed by atoms with van der Waals surface area (Å²) in [6.45, 7) is 0. The monoisotopic (exact) mass is 229 g/mol. The average molecular weight is 230 g/mol. The Kier molecular flexibility index (Phi) is 3.47. The molecule has 0 spiro atoms. The number of halogens is 1. The molecule has 1 saturated carbocycles. The predicted molar refractivity (Wildman–Crippen MR) is 63.2 cm³/mol. The van der Waals surface area contributed by atoms with E-state index in [4.69, 9.17) is 11.6 Å². The second-order valence-corrected chi connectivity index (χ2v) is 5.78. The van der Waals surface area contributed by atoms with E-state index in [0.717, 1.165) is 16.3 Å². The van der Waals surface area contributed by atoms with Crippen molar-refractivity contribution in [3.63, 3.8) is 0 Å². The molecular formula is C11H16ClNS. The molecule has 0 amide bonds. The summed E-state index contributed by atoms with van der Waals surface area (Å²) >= 11 is 7.60. The Hall–Kier alpha value is -0.0500. The van der Waals surface area contributed by atoms with Crippen LogP contribution in [0.15, 0.2) is 12.1 Å². The first-order valence-corrected chi connectivity index (χ1v) is 6.40. The van der Waals surface area contributed by atoms with Crippen LogP contribution in [0.3, 0.4) is 0 Å². The van der Waals surface area contributed by atoms with E-state index in [9.17, 15) is 0 Å². The summed E-state index contributed by atoms with van der Waals surface area (Å²) in [5, 5.41) is 3.41. The second kappa shape index (κ2) is 4.65. The largest absolute Gasteiger partial charge is 0.317 e. The molecule has 14 heavy (non-hydrogen) atoms. The van der Waals surface area contributed by atoms with Gasteiger partial charge in [0.25, 0.3) is 0 Å². The number of thiophene rings is 1. The van der Waals surface area contributed by atoms with Crippen molar-refractivity contribution in [3.05, 3.63) is 21.3 Å². The van der Waals surface area contributed by atoms with Crippen molar-refractivity contribution in [1.82, 2.24) is 5.32 Å². The number of rotatable bonds is 5. The minimum atomic E-state index is 0.718. The standard InChI is InChI=1S/C11H16ClNS/c1-13-10(8-2-3-8)6-4-9-5-7-11(12)14-9/h5,7-8,10,13H,2-4,6H2,1H3. The summed E-state index contributed by atoms with van der Waals surface area (Å²) in [6.07, 6.45) is 5.24. The van der Waals surface area contributed by atoms with Gasteiger partial charge in [0.1, 0.15) is 0 Å². The molecule has 1 unspecified atom stereocenters. The lowest BCUT2D eigenvalue weighted by atomic mass is 10.1. The zero-order chi connectivity index (χ0) is 9.97. The molecule has 1 aromatic heterocycles. The lowest BCUT2D eigenvalue weighted by Crippen LogP contribution is -2.27. The molecule has 1 nitrogen and oxygen atoms in total. The smallest absolute Gasteiger partial charge is 0.0931 e. The highest BCUT2D eigenvalue weighted by atomic mass is 35.5. The van der Waals surface area contributed by atoms with E-state index in [2.05, 4.69) is 18.4 Å². The predicted octanol–water partition coefficient (Wildman–Crippen LogP) is 3.33. The molecule has 78 valence electrons. The first-order chi connectivity index (χ1) is 6.79. The van der Waals surface area contributed by atoms with Gasteiger partial charge in [-0.05, 0) is 50.8 Å². The number of hydrogen-bond acceptors (Lipinski definition) is 2. The van der Waals surface area contributed by atoms with E-state index in [1.54, 1.807) is 11.3 Å². The molecule has 1 aliphatic carbocycles. The van der Waals surface area contributed by atoms with Gasteiger partial charge in [-0.2, -0.15) is 0 Å². The zero-order valence-corrected chi connectivity index (χ0v) is 10.00. The van der Waals surface area contributed by atoms with Crippen LogP contribution in [0, 0.1) is 5.92 Å². The lowest BCUT2D eigenvalue weighted by molar-refractivity contribution is 0.472. The van der Waals surface area contributed by atoms with Gasteiger partial charge in [0.15, 0.2) is 0 Å². The van der Waals surface area contributed by atoms with Crippen LogP contribution in [0.5, 0.6) is 0 Å². The average Bonchev–Trinajstić information content (AvgIpc) is 2.92. The maximum atomic E-state index is 5.89. The van der Waals surface area contributed by atoms with Gasteiger partial charge in [-0.1, -0.05) is 11.6 Å². The molecule has 0 bridgehead atoms. The van der Waals surface area contributed by atoms with Crippen LogP contribution >= 0.6 is 22.9 Å². The fourth-order valence-electron chi connectivity index (χ4n) is 1.90. The van der Waals surface area contributed by atoms with Crippen LogP contribution in [-0.2, 0) is 6.42 Å². The summed E-state index contributed by atoms with van der Waals surface area (Å²) < 4.78 is 0.910. The van der Waals surface area contributed by atoms with Crippen molar-refractivity contribution in [3.8, 4) is 0 Å². The Morgan fingerprint density at radius 1 is 1.57 bits per heavy atom. The van der Waals surface area contributed by atoms with Crippen molar-refractivity contribution in [2.75, 3.05) is 7.05 Å². The van der Waals surface area contributed by atoms with Crippen LogP contribution in [0.4, 0.5) is 0 Å². The van der Waals surface area contributed by atoms with Crippen LogP contribution in [0.2, 0.25) is 4.34 Å². The Morgan fingerprint density at radius 2 is 2.36 bits per heavy atom. The maximum Gasteiger partial charge on any atom is 0.0931 e. The molecule has 0 aromatic carbocycles. The third-order valence-electron chi connectivity index (χ3n) is 2.89. The van der Waals surface area contributed by atoms with E-state index in [1.807, 2.05) is 6.07 Å². The Balaban J connectivity index is 1.80. The van der Waals surface area contributed by atoms with Gasteiger partial charge in [-0.25, -0.2) is 0 Å². The van der Waals surface area contributed by atoms with Crippen molar-refractivity contribution >= 4 is 22.9 Å². The van der Waals surface area contributed by atoms with Crippen molar-refractivity contribution in [1.29, 1.82) is 0 Å². The van der Waals surface area contributed by atoms with Gasteiger partial charge in [0.05, 0.1) is 4.34 Å². The summed E-state index contributed by atoms with van der Waals surface area (Å²) in [7, 11) is 2.07. The summed E-state index contributed by atoms with van der Waals surface area (Å²) in [6, 6.07) is 4.86. The highest BCUT2D eigenvalue weighted by Crippen LogP contribution is 2.34.